The molecule has 0 unspecified atom stereocenters. The van der Waals surface area contributed by atoms with Crippen LogP contribution in [0.25, 0.3) is 22.3 Å². The minimum absolute atomic E-state index is 0.0176. The number of hydrogen-bond donors (Lipinski definition) is 20. The number of rotatable bonds is 16. The first-order chi connectivity index (χ1) is 41.3. The SMILES string of the molecule is Cc1cn([C@H]2C[C@H](O)[C@@H](COP(=O)(O)O)O2)c(=O)[nH]c1=O.Nc1ccn([C@@H]2O[C@H](COP(=O)(O)O)[C@@H](O)[C@H]2O)c(=O)n1.Nc1nc2c(ncn2[C@@H]2O[C@H](COP(=O)(O)O)[C@@H](O)[C@H]2O)c(=O)[nH]1.Nc1ncnc2c1ncn2[C@@H]1O[C@H](COP(=O)(O)O)[C@@H](O)[C@H]1O. The average molecular weight is 1360 g/mol. The van der Waals surface area contributed by atoms with Gasteiger partial charge in [-0.3, -0.25) is 55.9 Å². The van der Waals surface area contributed by atoms with Crippen molar-refractivity contribution in [3.05, 3.63) is 84.7 Å². The fourth-order valence-electron chi connectivity index (χ4n) is 8.61. The van der Waals surface area contributed by atoms with Crippen molar-refractivity contribution >= 4 is 71.2 Å². The zero-order valence-electron chi connectivity index (χ0n) is 44.9. The summed E-state index contributed by atoms with van der Waals surface area (Å²) in [6.45, 7) is -0.908. The van der Waals surface area contributed by atoms with Gasteiger partial charge in [-0.25, -0.2) is 47.8 Å². The molecule has 10 heterocycles. The van der Waals surface area contributed by atoms with Crippen molar-refractivity contribution in [1.82, 2.24) is 58.1 Å². The van der Waals surface area contributed by atoms with Crippen molar-refractivity contribution in [3.8, 4) is 0 Å². The number of nitrogens with one attached hydrogen (secondary N) is 2. The van der Waals surface area contributed by atoms with Crippen LogP contribution < -0.4 is 39.7 Å². The Hall–Kier alpha value is -6.14. The lowest BCUT2D eigenvalue weighted by Gasteiger charge is -2.16. The third kappa shape index (κ3) is 17.9. The molecule has 4 saturated heterocycles. The van der Waals surface area contributed by atoms with Gasteiger partial charge in [0.15, 0.2) is 41.3 Å². The van der Waals surface area contributed by atoms with Crippen molar-refractivity contribution in [1.29, 1.82) is 0 Å². The molecule has 0 spiro atoms. The number of nitrogens with two attached hydrogens (primary N) is 3. The summed E-state index contributed by atoms with van der Waals surface area (Å²) in [4.78, 5) is 143. The van der Waals surface area contributed by atoms with Gasteiger partial charge in [-0.2, -0.15) is 9.97 Å². The number of phosphoric acid groups is 4. The number of aliphatic hydroxyl groups excluding tert-OH is 7. The van der Waals surface area contributed by atoms with E-state index >= 15 is 0 Å². The number of aryl methyl sites for hydroxylation is 1. The normalized spacial score (nSPS) is 28.1. The Balaban J connectivity index is 0.000000169. The van der Waals surface area contributed by atoms with Gasteiger partial charge in [0.1, 0.15) is 84.9 Å². The van der Waals surface area contributed by atoms with Crippen LogP contribution in [0.2, 0.25) is 0 Å². The van der Waals surface area contributed by atoms with Crippen molar-refractivity contribution < 1.29 is 130 Å². The number of H-pyrrole nitrogens is 2. The van der Waals surface area contributed by atoms with Gasteiger partial charge in [0.05, 0.1) is 45.2 Å². The zero-order valence-corrected chi connectivity index (χ0v) is 48.5. The number of nitrogen functional groups attached to an aromatic ring is 3. The molecule has 89 heavy (non-hydrogen) atoms. The lowest BCUT2D eigenvalue weighted by Crippen LogP contribution is -2.36. The summed E-state index contributed by atoms with van der Waals surface area (Å²) < 4.78 is 85.7. The lowest BCUT2D eigenvalue weighted by atomic mass is 10.1. The maximum Gasteiger partial charge on any atom is 0.469 e. The summed E-state index contributed by atoms with van der Waals surface area (Å²) >= 11 is 0. The summed E-state index contributed by atoms with van der Waals surface area (Å²) in [5.41, 5.74) is 14.7. The average Bonchev–Trinajstić information content (AvgIpc) is 1.76. The van der Waals surface area contributed by atoms with Gasteiger partial charge in [0.25, 0.3) is 11.1 Å². The van der Waals surface area contributed by atoms with Crippen LogP contribution in [0.15, 0.2) is 56.6 Å². The van der Waals surface area contributed by atoms with E-state index < -0.39 is 172 Å². The van der Waals surface area contributed by atoms with E-state index in [2.05, 4.69) is 58.0 Å². The first-order valence-corrected chi connectivity index (χ1v) is 30.9. The Morgan fingerprint density at radius 3 is 1.47 bits per heavy atom. The van der Waals surface area contributed by atoms with E-state index in [1.54, 1.807) is 0 Å². The number of phosphoric ester groups is 4. The van der Waals surface area contributed by atoms with Gasteiger partial charge in [0, 0.05) is 24.4 Å². The van der Waals surface area contributed by atoms with E-state index in [4.69, 9.17) is 75.3 Å². The van der Waals surface area contributed by atoms with Crippen LogP contribution in [0.5, 0.6) is 0 Å². The summed E-state index contributed by atoms with van der Waals surface area (Å²) in [6.07, 6.45) is -12.5. The third-order valence-electron chi connectivity index (χ3n) is 12.8. The minimum atomic E-state index is -4.76. The Kier molecular flexibility index (Phi) is 22.3. The number of fused-ring (bicyclic) bond motifs is 2. The summed E-state index contributed by atoms with van der Waals surface area (Å²) in [5, 5.41) is 69.5. The quantitative estimate of drug-likeness (QED) is 0.0400. The van der Waals surface area contributed by atoms with Gasteiger partial charge in [0.2, 0.25) is 5.95 Å². The first-order valence-electron chi connectivity index (χ1n) is 24.8. The molecule has 0 radical (unpaired) electrons. The number of anilines is 3. The standard InChI is InChI=1S/C10H14N5O8P.C10H14N5O7P.C10H15N2O8P.C9H14N3O8P/c11-10-13-7-4(8(18)14-10)12-2-15(7)9-6(17)5(16)3(23-9)1-22-24(19,20)21;11-8-5-9(13-2-12-8)15(3-14-5)10-7(17)6(16)4(22-10)1-21-23(18,19)20;1-5-3-12(10(15)11-9(5)14)8-2-6(13)7(20-8)4-19-21(16,17)18;10-5-1-2-12(9(15)11-5)8-7(14)6(13)4(20-8)3-19-21(16,17)18/h2-3,5-6,9,16-17H,1H2,(H2,19,20,21)(H3,11,13,14,18);2-4,6-7,10,16-17H,1H2,(H2,11,12,13)(H2,18,19,20);3,6-8,13H,2,4H2,1H3,(H,11,14,15)(H2,16,17,18);1-2,4,6-8,13-14H,3H2,(H2,10,11,15)(H2,16,17,18)/t3-,5-,6-,9-;4-,6-,7-,10-;6-,7+,8+;4-,6-,7-,8-/m1101/s1. The Morgan fingerprint density at radius 1 is 0.551 bits per heavy atom. The number of aromatic nitrogens is 12. The van der Waals surface area contributed by atoms with Crippen molar-refractivity contribution in [2.45, 2.75) is 105 Å². The number of aromatic amines is 2. The predicted molar refractivity (Wildman–Crippen MR) is 286 cm³/mol. The molecule has 0 saturated carbocycles. The fraction of sp³-hybridized carbons (Fsp3) is 0.538. The van der Waals surface area contributed by atoms with Crippen LogP contribution in [0, 0.1) is 6.92 Å². The maximum atomic E-state index is 11.7. The highest BCUT2D eigenvalue weighted by Gasteiger charge is 2.48. The van der Waals surface area contributed by atoms with Gasteiger partial charge in [-0.1, -0.05) is 0 Å². The number of hydrogen-bond acceptors (Lipinski definition) is 32. The molecule has 4 fully saturated rings. The van der Waals surface area contributed by atoms with Gasteiger partial charge in [-0.05, 0) is 13.0 Å². The molecule has 15 atom stereocenters. The third-order valence-corrected chi connectivity index (χ3v) is 14.8. The highest BCUT2D eigenvalue weighted by Crippen LogP contribution is 2.42. The highest BCUT2D eigenvalue weighted by molar-refractivity contribution is 7.47. The van der Waals surface area contributed by atoms with Crippen molar-refractivity contribution in [3.63, 3.8) is 0 Å². The van der Waals surface area contributed by atoms with Crippen LogP contribution in [0.1, 0.15) is 36.9 Å². The predicted octanol–water partition coefficient (Wildman–Crippen LogP) is -8.28. The van der Waals surface area contributed by atoms with Gasteiger partial charge >= 0.3 is 42.7 Å². The molecule has 0 aliphatic carbocycles. The molecule has 6 aromatic rings. The molecule has 4 aliphatic rings. The molecule has 494 valence electrons. The number of aliphatic hydroxyl groups is 7. The molecular formula is C39H57N15O31P4. The van der Waals surface area contributed by atoms with Crippen molar-refractivity contribution in [2.75, 3.05) is 43.6 Å². The van der Waals surface area contributed by atoms with Crippen LogP contribution >= 0.6 is 31.3 Å². The maximum absolute atomic E-state index is 11.7. The highest BCUT2D eigenvalue weighted by atomic mass is 31.2. The monoisotopic (exact) mass is 1360 g/mol. The van der Waals surface area contributed by atoms with Crippen LogP contribution in [0.4, 0.5) is 17.6 Å². The van der Waals surface area contributed by atoms with E-state index in [1.807, 2.05) is 0 Å². The molecule has 50 heteroatoms. The second-order valence-electron chi connectivity index (χ2n) is 19.1. The summed E-state index contributed by atoms with van der Waals surface area (Å²) in [5.74, 6) is -0.0579. The lowest BCUT2D eigenvalue weighted by molar-refractivity contribution is -0.0542. The number of nitrogens with zero attached hydrogens (tertiary/aromatic N) is 10. The smallest absolute Gasteiger partial charge is 0.390 e. The Bertz CT molecular complexity index is 3900. The molecule has 0 bridgehead atoms. The zero-order chi connectivity index (χ0) is 66.0. The minimum Gasteiger partial charge on any atom is -0.390 e. The fourth-order valence-corrected chi connectivity index (χ4v) is 9.98. The largest absolute Gasteiger partial charge is 0.469 e. The van der Waals surface area contributed by atoms with E-state index in [1.165, 1.54) is 53.5 Å². The number of ether oxygens (including phenoxy) is 4. The molecule has 6 aromatic heterocycles. The molecule has 10 rings (SSSR count). The molecule has 46 nitrogen and oxygen atoms in total. The van der Waals surface area contributed by atoms with E-state index in [-0.39, 0.29) is 40.8 Å². The van der Waals surface area contributed by atoms with Gasteiger partial charge in [-0.15, -0.1) is 0 Å². The number of imidazole rings is 2. The van der Waals surface area contributed by atoms with E-state index in [9.17, 15) is 73.2 Å². The molecule has 0 aromatic carbocycles. The topological polar surface area (TPSA) is 721 Å². The van der Waals surface area contributed by atoms with Crippen LogP contribution in [0.3, 0.4) is 0 Å². The van der Waals surface area contributed by atoms with Crippen LogP contribution in [-0.4, -0.2) is 227 Å². The molecule has 4 aliphatic heterocycles. The second kappa shape index (κ2) is 28.2. The molecular weight excluding hydrogens is 1300 g/mol. The van der Waals surface area contributed by atoms with E-state index in [0.717, 1.165) is 9.13 Å². The van der Waals surface area contributed by atoms with E-state index in [0.29, 0.717) is 11.1 Å². The van der Waals surface area contributed by atoms with Crippen LogP contribution in [-0.2, 0) is 55.3 Å². The summed E-state index contributed by atoms with van der Waals surface area (Å²) in [6, 6.07) is 1.29. The first kappa shape index (κ1) is 70.3. The molecule has 23 N–H and O–H groups in total. The Labute approximate surface area is 492 Å². The van der Waals surface area contributed by atoms with Gasteiger partial charge < -0.3 is 111 Å². The molecule has 0 amide bonds. The van der Waals surface area contributed by atoms with Crippen molar-refractivity contribution in [2.24, 2.45) is 0 Å². The Morgan fingerprint density at radius 2 is 1.00 bits per heavy atom. The summed E-state index contributed by atoms with van der Waals surface area (Å²) in [7, 11) is -18.9. The second-order valence-corrected chi connectivity index (χ2v) is 24.1.